The van der Waals surface area contributed by atoms with Gasteiger partial charge >= 0.3 is 6.09 Å². The Bertz CT molecular complexity index is 990. The highest BCUT2D eigenvalue weighted by atomic mass is 19.1. The third kappa shape index (κ3) is 5.85. The smallest absolute Gasteiger partial charge is 0.407 e. The van der Waals surface area contributed by atoms with Crippen LogP contribution in [0, 0.1) is 29.0 Å². The zero-order chi connectivity index (χ0) is 25.2. The van der Waals surface area contributed by atoms with E-state index >= 15 is 0 Å². The first-order valence-corrected chi connectivity index (χ1v) is 12.4. The van der Waals surface area contributed by atoms with Crippen LogP contribution in [-0.2, 0) is 16.1 Å². The van der Waals surface area contributed by atoms with E-state index in [0.717, 1.165) is 32.1 Å². The second-order valence-corrected chi connectivity index (χ2v) is 10.6. The molecule has 9 nitrogen and oxygen atoms in total. The minimum absolute atomic E-state index is 0.0195. The summed E-state index contributed by atoms with van der Waals surface area (Å²) in [6.45, 7) is 5.86. The maximum absolute atomic E-state index is 14.5. The van der Waals surface area contributed by atoms with Crippen LogP contribution in [0.15, 0.2) is 18.2 Å². The predicted molar refractivity (Wildman–Crippen MR) is 128 cm³/mol. The molecule has 2 amide bonds. The average molecular weight is 487 g/mol. The Balaban J connectivity index is 1.48. The van der Waals surface area contributed by atoms with Crippen LogP contribution in [0.4, 0.5) is 14.9 Å². The third-order valence-corrected chi connectivity index (χ3v) is 6.90. The molecule has 10 heteroatoms. The molecule has 0 bridgehead atoms. The Morgan fingerprint density at radius 2 is 2.03 bits per heavy atom. The number of halogens is 1. The molecule has 5 atom stereocenters. The van der Waals surface area contributed by atoms with E-state index < -0.39 is 23.7 Å². The van der Waals surface area contributed by atoms with Crippen LogP contribution < -0.4 is 21.4 Å². The number of fused-ring (bicyclic) bond motifs is 1. The van der Waals surface area contributed by atoms with E-state index in [1.807, 2.05) is 0 Å². The monoisotopic (exact) mass is 486 g/mol. The highest BCUT2D eigenvalue weighted by molar-refractivity contribution is 5.82. The van der Waals surface area contributed by atoms with E-state index in [9.17, 15) is 19.2 Å². The van der Waals surface area contributed by atoms with Crippen molar-refractivity contribution in [3.8, 4) is 6.07 Å². The van der Waals surface area contributed by atoms with Gasteiger partial charge in [-0.2, -0.15) is 5.26 Å². The average Bonchev–Trinajstić information content (AvgIpc) is 3.17. The summed E-state index contributed by atoms with van der Waals surface area (Å²) in [5, 5.41) is 20.7. The predicted octanol–water partition coefficient (Wildman–Crippen LogP) is 3.00. The number of nitriles is 1. The van der Waals surface area contributed by atoms with Crippen LogP contribution in [0.2, 0.25) is 0 Å². The number of hydrazine groups is 1. The maximum atomic E-state index is 14.5. The van der Waals surface area contributed by atoms with Gasteiger partial charge in [0.15, 0.2) is 0 Å². The lowest BCUT2D eigenvalue weighted by atomic mass is 9.83. The summed E-state index contributed by atoms with van der Waals surface area (Å²) < 4.78 is 19.7. The number of anilines is 1. The van der Waals surface area contributed by atoms with Gasteiger partial charge in [-0.1, -0.05) is 12.8 Å². The fraction of sp³-hybridized carbons (Fsp3) is 0.640. The minimum Gasteiger partial charge on any atom is -0.444 e. The first-order valence-electron chi connectivity index (χ1n) is 12.4. The lowest BCUT2D eigenvalue weighted by Crippen LogP contribution is -2.54. The summed E-state index contributed by atoms with van der Waals surface area (Å²) in [5.74, 6) is -0.901. The maximum Gasteiger partial charge on any atom is 0.407 e. The van der Waals surface area contributed by atoms with Crippen LogP contribution in [-0.4, -0.2) is 47.4 Å². The number of amides is 2. The molecule has 35 heavy (non-hydrogen) atoms. The second kappa shape index (κ2) is 10.4. The number of piperidine rings is 1. The number of carbonyl (C=O) groups is 2. The summed E-state index contributed by atoms with van der Waals surface area (Å²) >= 11 is 0. The number of carbonyl (C=O) groups excluding carboxylic acids is 2. The lowest BCUT2D eigenvalue weighted by Gasteiger charge is -2.39. The van der Waals surface area contributed by atoms with Gasteiger partial charge in [0, 0.05) is 36.4 Å². The molecule has 0 aromatic heterocycles. The van der Waals surface area contributed by atoms with Gasteiger partial charge in [-0.15, -0.1) is 0 Å². The molecular formula is C25H35FN6O3. The van der Waals surface area contributed by atoms with Gasteiger partial charge in [0.25, 0.3) is 0 Å². The van der Waals surface area contributed by atoms with Crippen LogP contribution in [0.3, 0.4) is 0 Å². The number of benzene rings is 1. The molecule has 2 heterocycles. The molecule has 1 aromatic rings. The van der Waals surface area contributed by atoms with Gasteiger partial charge in [-0.25, -0.2) is 19.6 Å². The van der Waals surface area contributed by atoms with Crippen molar-refractivity contribution in [2.24, 2.45) is 11.8 Å². The standard InChI is InChI=1S/C25H35FN6O3/c1-25(2,3)35-24(34)29-14-16-12-17(8-9-18(16)26)30-22-21-20(10-11-28-23(21)33)32(31-22)19-7-5-4-6-15(19)13-27/h8-9,12,15,19-22,30-31H,4-7,10-11,14H2,1-3H3,(H,28,33)(H,29,34)/t15-,19+,20?,21?,22?/m1/s1. The van der Waals surface area contributed by atoms with Crippen molar-refractivity contribution >= 4 is 17.7 Å². The van der Waals surface area contributed by atoms with Crippen LogP contribution >= 0.6 is 0 Å². The zero-order valence-electron chi connectivity index (χ0n) is 20.6. The number of nitrogens with zero attached hydrogens (tertiary/aromatic N) is 2. The SMILES string of the molecule is CC(C)(C)OC(=O)NCc1cc(NC2NN([C@H]3CCCC[C@@H]3C#N)C3CCNC(=O)C23)ccc1F. The van der Waals surface area contributed by atoms with Crippen LogP contribution in [0.1, 0.15) is 58.4 Å². The van der Waals surface area contributed by atoms with Gasteiger partial charge in [0.1, 0.15) is 17.6 Å². The van der Waals surface area contributed by atoms with Crippen LogP contribution in [0.5, 0.6) is 0 Å². The van der Waals surface area contributed by atoms with Crippen LogP contribution in [0.25, 0.3) is 0 Å². The number of hydrogen-bond donors (Lipinski definition) is 4. The van der Waals surface area contributed by atoms with Crippen molar-refractivity contribution in [3.05, 3.63) is 29.6 Å². The van der Waals surface area contributed by atoms with E-state index in [1.165, 1.54) is 6.07 Å². The topological polar surface area (TPSA) is 119 Å². The fourth-order valence-corrected chi connectivity index (χ4v) is 5.36. The third-order valence-electron chi connectivity index (χ3n) is 6.90. The molecule has 2 saturated heterocycles. The minimum atomic E-state index is -0.647. The Kier molecular flexibility index (Phi) is 7.47. The Morgan fingerprint density at radius 3 is 2.77 bits per heavy atom. The number of ether oxygens (including phenoxy) is 1. The van der Waals surface area contributed by atoms with E-state index in [1.54, 1.807) is 32.9 Å². The summed E-state index contributed by atoms with van der Waals surface area (Å²) in [6.07, 6.45) is 3.67. The molecule has 190 valence electrons. The van der Waals surface area contributed by atoms with E-state index in [0.29, 0.717) is 17.8 Å². The van der Waals surface area contributed by atoms with E-state index in [-0.39, 0.29) is 36.4 Å². The molecule has 3 fully saturated rings. The first-order chi connectivity index (χ1) is 16.7. The highest BCUT2D eigenvalue weighted by Crippen LogP contribution is 2.36. The van der Waals surface area contributed by atoms with Crippen molar-refractivity contribution < 1.29 is 18.7 Å². The number of rotatable bonds is 5. The first kappa shape index (κ1) is 25.2. The van der Waals surface area contributed by atoms with Gasteiger partial charge in [0.05, 0.1) is 17.9 Å². The molecule has 1 aliphatic carbocycles. The van der Waals surface area contributed by atoms with Gasteiger partial charge in [-0.05, 0) is 58.2 Å². The summed E-state index contributed by atoms with van der Waals surface area (Å²) in [7, 11) is 0. The molecule has 0 radical (unpaired) electrons. The molecule has 3 aliphatic rings. The lowest BCUT2D eigenvalue weighted by molar-refractivity contribution is -0.128. The van der Waals surface area contributed by atoms with Crippen molar-refractivity contribution in [1.82, 2.24) is 21.1 Å². The number of nitrogens with one attached hydrogen (secondary N) is 4. The van der Waals surface area contributed by atoms with E-state index in [4.69, 9.17) is 4.74 Å². The van der Waals surface area contributed by atoms with Gasteiger partial charge in [0.2, 0.25) is 5.91 Å². The molecule has 1 aromatic carbocycles. The molecule has 0 spiro atoms. The van der Waals surface area contributed by atoms with Crippen molar-refractivity contribution in [2.75, 3.05) is 11.9 Å². The quantitative estimate of drug-likeness (QED) is 0.505. The summed E-state index contributed by atoms with van der Waals surface area (Å²) in [4.78, 5) is 24.8. The molecule has 2 aliphatic heterocycles. The molecule has 3 unspecified atom stereocenters. The fourth-order valence-electron chi connectivity index (χ4n) is 5.36. The van der Waals surface area contributed by atoms with E-state index in [2.05, 4.69) is 32.5 Å². The molecular weight excluding hydrogens is 451 g/mol. The van der Waals surface area contributed by atoms with Gasteiger partial charge < -0.3 is 20.7 Å². The van der Waals surface area contributed by atoms with Crippen molar-refractivity contribution in [1.29, 1.82) is 5.26 Å². The van der Waals surface area contributed by atoms with Crippen molar-refractivity contribution in [2.45, 2.75) is 83.3 Å². The zero-order valence-corrected chi connectivity index (χ0v) is 20.6. The molecule has 4 rings (SSSR count). The Labute approximate surface area is 205 Å². The largest absolute Gasteiger partial charge is 0.444 e. The second-order valence-electron chi connectivity index (χ2n) is 10.6. The highest BCUT2D eigenvalue weighted by Gasteiger charge is 2.51. The summed E-state index contributed by atoms with van der Waals surface area (Å²) in [5.41, 5.74) is 3.77. The number of hydrogen-bond acceptors (Lipinski definition) is 7. The molecule has 4 N–H and O–H groups in total. The summed E-state index contributed by atoms with van der Waals surface area (Å²) in [6, 6.07) is 7.09. The Morgan fingerprint density at radius 1 is 1.26 bits per heavy atom. The Hall–Kier alpha value is -2.90. The molecule has 1 saturated carbocycles. The number of alkyl carbamates (subject to hydrolysis) is 1. The normalized spacial score (nSPS) is 29.0. The van der Waals surface area contributed by atoms with Gasteiger partial charge in [-0.3, -0.25) is 4.79 Å². The van der Waals surface area contributed by atoms with Crippen molar-refractivity contribution in [3.63, 3.8) is 0 Å².